The van der Waals surface area contributed by atoms with Gasteiger partial charge in [0.15, 0.2) is 0 Å². The van der Waals surface area contributed by atoms with Crippen LogP contribution in [0.4, 0.5) is 0 Å². The summed E-state index contributed by atoms with van der Waals surface area (Å²) in [5, 5.41) is 7.24. The third-order valence-electron chi connectivity index (χ3n) is 4.25. The van der Waals surface area contributed by atoms with Crippen molar-refractivity contribution < 1.29 is 4.52 Å². The average Bonchev–Trinajstić information content (AvgIpc) is 3.49. The van der Waals surface area contributed by atoms with Crippen LogP contribution < -0.4 is 0 Å². The van der Waals surface area contributed by atoms with Gasteiger partial charge in [0.05, 0.1) is 10.6 Å². The second-order valence-corrected chi connectivity index (χ2v) is 8.33. The summed E-state index contributed by atoms with van der Waals surface area (Å²) in [6.07, 6.45) is 3.40. The smallest absolute Gasteiger partial charge is 0.258 e. The molecule has 7 heteroatoms. The van der Waals surface area contributed by atoms with Gasteiger partial charge >= 0.3 is 0 Å². The van der Waals surface area contributed by atoms with Crippen LogP contribution in [0.25, 0.3) is 44.0 Å². The van der Waals surface area contributed by atoms with Crippen molar-refractivity contribution in [3.8, 4) is 44.0 Å². The summed E-state index contributed by atoms with van der Waals surface area (Å²) >= 11 is 3.43. The van der Waals surface area contributed by atoms with Gasteiger partial charge in [0.2, 0.25) is 5.82 Å². The van der Waals surface area contributed by atoms with Crippen molar-refractivity contribution in [1.82, 2.24) is 20.1 Å². The summed E-state index contributed by atoms with van der Waals surface area (Å²) in [5.41, 5.74) is 3.79. The zero-order valence-corrected chi connectivity index (χ0v) is 16.5. The van der Waals surface area contributed by atoms with Gasteiger partial charge in [0, 0.05) is 39.3 Å². The third kappa shape index (κ3) is 3.26. The van der Waals surface area contributed by atoms with Crippen LogP contribution in [0.15, 0.2) is 70.8 Å². The topological polar surface area (TPSA) is 64.7 Å². The molecule has 0 saturated heterocycles. The summed E-state index contributed by atoms with van der Waals surface area (Å²) in [5.74, 6) is 1.04. The lowest BCUT2D eigenvalue weighted by Crippen LogP contribution is -1.83. The summed E-state index contributed by atoms with van der Waals surface area (Å²) in [6, 6.07) is 16.0. The highest BCUT2D eigenvalue weighted by Gasteiger charge is 2.12. The van der Waals surface area contributed by atoms with E-state index in [-0.39, 0.29) is 0 Å². The molecule has 1 aromatic carbocycles. The molecule has 5 nitrogen and oxygen atoms in total. The van der Waals surface area contributed by atoms with Crippen molar-refractivity contribution in [1.29, 1.82) is 0 Å². The van der Waals surface area contributed by atoms with Crippen LogP contribution in [0.3, 0.4) is 0 Å². The maximum atomic E-state index is 5.38. The first kappa shape index (κ1) is 17.0. The molecule has 0 saturated carbocycles. The largest absolute Gasteiger partial charge is 0.334 e. The van der Waals surface area contributed by atoms with E-state index in [0.29, 0.717) is 11.7 Å². The first-order chi connectivity index (χ1) is 13.8. The monoisotopic (exact) mass is 402 g/mol. The van der Waals surface area contributed by atoms with Crippen molar-refractivity contribution in [2.45, 2.75) is 6.92 Å². The lowest BCUT2D eigenvalue weighted by molar-refractivity contribution is 0.432. The number of pyridine rings is 1. The fourth-order valence-corrected chi connectivity index (χ4v) is 4.58. The molecule has 5 rings (SSSR count). The Kier molecular flexibility index (Phi) is 4.31. The number of hydrogen-bond donors (Lipinski definition) is 0. The minimum atomic E-state index is 0.483. The quantitative estimate of drug-likeness (QED) is 0.371. The van der Waals surface area contributed by atoms with E-state index in [1.807, 2.05) is 36.4 Å². The Labute approximate surface area is 169 Å². The fraction of sp³-hybridized carbons (Fsp3) is 0.0476. The van der Waals surface area contributed by atoms with Crippen LogP contribution in [-0.4, -0.2) is 20.1 Å². The fourth-order valence-electron chi connectivity index (χ4n) is 2.81. The highest BCUT2D eigenvalue weighted by molar-refractivity contribution is 7.21. The predicted octanol–water partition coefficient (Wildman–Crippen LogP) is 5.96. The SMILES string of the molecule is Cc1ccc(-c2nc(-c3ccc(-c4noc(-c5ccncc5)n4)cc3)cs2)s1. The highest BCUT2D eigenvalue weighted by Crippen LogP contribution is 2.33. The number of thiophene rings is 1. The number of aromatic nitrogens is 4. The molecule has 0 bridgehead atoms. The summed E-state index contributed by atoms with van der Waals surface area (Å²) in [4.78, 5) is 15.8. The van der Waals surface area contributed by atoms with Gasteiger partial charge in [-0.1, -0.05) is 29.4 Å². The van der Waals surface area contributed by atoms with E-state index in [1.165, 1.54) is 9.75 Å². The number of hydrogen-bond acceptors (Lipinski definition) is 7. The van der Waals surface area contributed by atoms with E-state index >= 15 is 0 Å². The second-order valence-electron chi connectivity index (χ2n) is 6.18. The molecular weight excluding hydrogens is 388 g/mol. The minimum absolute atomic E-state index is 0.483. The minimum Gasteiger partial charge on any atom is -0.334 e. The number of aryl methyl sites for hydroxylation is 1. The van der Waals surface area contributed by atoms with Crippen LogP contribution >= 0.6 is 22.7 Å². The van der Waals surface area contributed by atoms with Crippen LogP contribution in [-0.2, 0) is 0 Å². The lowest BCUT2D eigenvalue weighted by atomic mass is 10.1. The highest BCUT2D eigenvalue weighted by atomic mass is 32.1. The number of rotatable bonds is 4. The van der Waals surface area contributed by atoms with E-state index < -0.39 is 0 Å². The van der Waals surface area contributed by atoms with Crippen molar-refractivity contribution in [2.75, 3.05) is 0 Å². The van der Waals surface area contributed by atoms with Gasteiger partial charge in [0.1, 0.15) is 5.01 Å². The average molecular weight is 403 g/mol. The van der Waals surface area contributed by atoms with Gasteiger partial charge in [-0.3, -0.25) is 4.98 Å². The van der Waals surface area contributed by atoms with E-state index in [4.69, 9.17) is 9.51 Å². The Morgan fingerprint density at radius 1 is 0.821 bits per heavy atom. The maximum absolute atomic E-state index is 5.38. The Morgan fingerprint density at radius 2 is 1.61 bits per heavy atom. The summed E-state index contributed by atoms with van der Waals surface area (Å²) < 4.78 is 5.38. The number of thiazole rings is 1. The van der Waals surface area contributed by atoms with Crippen LogP contribution in [0.5, 0.6) is 0 Å². The molecule has 0 amide bonds. The molecule has 0 radical (unpaired) electrons. The molecule has 0 spiro atoms. The van der Waals surface area contributed by atoms with Gasteiger partial charge in [-0.15, -0.1) is 22.7 Å². The van der Waals surface area contributed by atoms with E-state index in [2.05, 4.69) is 39.6 Å². The molecule has 0 aliphatic heterocycles. The van der Waals surface area contributed by atoms with Gasteiger partial charge in [-0.2, -0.15) is 4.98 Å². The predicted molar refractivity (Wildman–Crippen MR) is 112 cm³/mol. The van der Waals surface area contributed by atoms with E-state index in [9.17, 15) is 0 Å². The zero-order valence-electron chi connectivity index (χ0n) is 14.9. The molecule has 136 valence electrons. The Morgan fingerprint density at radius 3 is 2.36 bits per heavy atom. The molecule has 0 N–H and O–H groups in total. The molecule has 0 fully saturated rings. The second kappa shape index (κ2) is 7.10. The van der Waals surface area contributed by atoms with Gasteiger partial charge < -0.3 is 4.52 Å². The Bertz CT molecular complexity index is 1220. The standard InChI is InChI=1S/C21H14N4OS2/c1-13-2-7-18(28-13)21-23-17(12-27-21)14-3-5-15(6-4-14)19-24-20(26-25-19)16-8-10-22-11-9-16/h2-12H,1H3. The van der Waals surface area contributed by atoms with Gasteiger partial charge in [-0.25, -0.2) is 4.98 Å². The van der Waals surface area contributed by atoms with Crippen molar-refractivity contribution in [3.63, 3.8) is 0 Å². The first-order valence-electron chi connectivity index (χ1n) is 8.63. The first-order valence-corrected chi connectivity index (χ1v) is 10.3. The van der Waals surface area contributed by atoms with Crippen molar-refractivity contribution in [2.24, 2.45) is 0 Å². The summed E-state index contributed by atoms with van der Waals surface area (Å²) in [7, 11) is 0. The molecule has 4 heterocycles. The Balaban J connectivity index is 1.39. The molecule has 5 aromatic rings. The molecule has 0 aliphatic rings. The molecule has 28 heavy (non-hydrogen) atoms. The normalized spacial score (nSPS) is 11.0. The number of nitrogens with zero attached hydrogens (tertiary/aromatic N) is 4. The number of benzene rings is 1. The summed E-state index contributed by atoms with van der Waals surface area (Å²) in [6.45, 7) is 2.11. The van der Waals surface area contributed by atoms with E-state index in [1.54, 1.807) is 35.1 Å². The van der Waals surface area contributed by atoms with Crippen molar-refractivity contribution >= 4 is 22.7 Å². The van der Waals surface area contributed by atoms with E-state index in [0.717, 1.165) is 27.4 Å². The third-order valence-corrected chi connectivity index (χ3v) is 6.26. The molecule has 0 aliphatic carbocycles. The molecular formula is C21H14N4OS2. The van der Waals surface area contributed by atoms with Crippen LogP contribution in [0.1, 0.15) is 4.88 Å². The maximum Gasteiger partial charge on any atom is 0.258 e. The molecule has 0 atom stereocenters. The molecule has 4 aromatic heterocycles. The lowest BCUT2D eigenvalue weighted by Gasteiger charge is -1.98. The van der Waals surface area contributed by atoms with Crippen molar-refractivity contribution in [3.05, 3.63) is 71.2 Å². The van der Waals surface area contributed by atoms with Gasteiger partial charge in [0.25, 0.3) is 5.89 Å². The van der Waals surface area contributed by atoms with Crippen LogP contribution in [0, 0.1) is 6.92 Å². The Hall–Kier alpha value is -3.16. The van der Waals surface area contributed by atoms with Crippen LogP contribution in [0.2, 0.25) is 0 Å². The molecule has 0 unspecified atom stereocenters. The zero-order chi connectivity index (χ0) is 18.9. The van der Waals surface area contributed by atoms with Gasteiger partial charge in [-0.05, 0) is 31.2 Å².